The molecule has 3 nitrogen and oxygen atoms in total. The molecule has 1 N–H and O–H groups in total. The summed E-state index contributed by atoms with van der Waals surface area (Å²) in [6.45, 7) is 0.313. The number of hydrogen-bond donors (Lipinski definition) is 1. The van der Waals surface area contributed by atoms with Gasteiger partial charge in [-0.25, -0.2) is 4.39 Å². The van der Waals surface area contributed by atoms with E-state index in [1.54, 1.807) is 30.3 Å². The molecule has 0 aliphatic carbocycles. The Kier molecular flexibility index (Phi) is 4.49. The average Bonchev–Trinajstić information content (AvgIpc) is 2.48. The molecule has 2 aromatic carbocycles. The number of nitrogens with one attached hydrogen (secondary N) is 1. The van der Waals surface area contributed by atoms with Gasteiger partial charge in [0.2, 0.25) is 0 Å². The van der Waals surface area contributed by atoms with Crippen molar-refractivity contribution in [2.45, 2.75) is 6.54 Å². The van der Waals surface area contributed by atoms with E-state index < -0.39 is 5.82 Å². The minimum Gasteiger partial charge on any atom is -0.348 e. The van der Waals surface area contributed by atoms with E-state index in [0.29, 0.717) is 12.1 Å². The normalized spacial score (nSPS) is 9.85. The Balaban J connectivity index is 2.05. The Morgan fingerprint density at radius 3 is 2.60 bits per heavy atom. The predicted octanol–water partition coefficient (Wildman–Crippen LogP) is 3.39. The third kappa shape index (κ3) is 3.22. The van der Waals surface area contributed by atoms with Crippen LogP contribution in [0.3, 0.4) is 0 Å². The number of carbonyl (C=O) groups excluding carboxylic acids is 1. The number of carbonyl (C=O) groups is 1. The highest BCUT2D eigenvalue weighted by atomic mass is 79.9. The molecule has 0 bridgehead atoms. The maximum absolute atomic E-state index is 13.3. The van der Waals surface area contributed by atoms with E-state index in [1.807, 2.05) is 6.07 Å². The minimum atomic E-state index is -0.476. The zero-order chi connectivity index (χ0) is 14.5. The molecule has 0 atom stereocenters. The maximum atomic E-state index is 13.3. The van der Waals surface area contributed by atoms with Crippen LogP contribution >= 0.6 is 15.9 Å². The van der Waals surface area contributed by atoms with Crippen LogP contribution in [0.4, 0.5) is 4.39 Å². The quantitative estimate of drug-likeness (QED) is 0.936. The molecule has 5 heteroatoms. The molecule has 0 heterocycles. The van der Waals surface area contributed by atoms with E-state index in [1.165, 1.54) is 12.1 Å². The number of halogens is 2. The van der Waals surface area contributed by atoms with Crippen LogP contribution in [0.5, 0.6) is 0 Å². The molecule has 0 saturated heterocycles. The number of hydrogen-bond acceptors (Lipinski definition) is 2. The van der Waals surface area contributed by atoms with Crippen molar-refractivity contribution >= 4 is 21.8 Å². The fraction of sp³-hybridized carbons (Fsp3) is 0.0667. The molecule has 1 amide bonds. The summed E-state index contributed by atoms with van der Waals surface area (Å²) in [7, 11) is 0. The fourth-order valence-corrected chi connectivity index (χ4v) is 2.10. The van der Waals surface area contributed by atoms with Crippen molar-refractivity contribution in [3.05, 3.63) is 69.4 Å². The van der Waals surface area contributed by atoms with Crippen LogP contribution in [-0.2, 0) is 6.54 Å². The molecule has 0 saturated carbocycles. The van der Waals surface area contributed by atoms with Crippen molar-refractivity contribution in [2.24, 2.45) is 0 Å². The van der Waals surface area contributed by atoms with Crippen molar-refractivity contribution in [3.63, 3.8) is 0 Å². The summed E-state index contributed by atoms with van der Waals surface area (Å²) in [6.07, 6.45) is 0. The van der Waals surface area contributed by atoms with Gasteiger partial charge in [0.1, 0.15) is 5.82 Å². The van der Waals surface area contributed by atoms with Crippen LogP contribution in [0.1, 0.15) is 21.5 Å². The molecular weight excluding hydrogens is 323 g/mol. The van der Waals surface area contributed by atoms with Gasteiger partial charge in [0, 0.05) is 6.54 Å². The van der Waals surface area contributed by atoms with Crippen LogP contribution in [0, 0.1) is 17.1 Å². The van der Waals surface area contributed by atoms with Crippen LogP contribution in [0.15, 0.2) is 46.9 Å². The Bertz CT molecular complexity index is 677. The number of benzene rings is 2. The molecule has 0 aromatic heterocycles. The van der Waals surface area contributed by atoms with Crippen LogP contribution in [0.25, 0.3) is 0 Å². The second-order valence-corrected chi connectivity index (χ2v) is 4.89. The lowest BCUT2D eigenvalue weighted by Crippen LogP contribution is -2.23. The highest BCUT2D eigenvalue weighted by molar-refractivity contribution is 9.10. The van der Waals surface area contributed by atoms with E-state index in [2.05, 4.69) is 21.2 Å². The van der Waals surface area contributed by atoms with Gasteiger partial charge in [-0.2, -0.15) is 5.26 Å². The molecule has 100 valence electrons. The number of rotatable bonds is 3. The first kappa shape index (κ1) is 14.2. The number of nitrogens with zero attached hydrogens (tertiary/aromatic N) is 1. The van der Waals surface area contributed by atoms with Crippen molar-refractivity contribution in [3.8, 4) is 6.07 Å². The lowest BCUT2D eigenvalue weighted by Gasteiger charge is -2.07. The van der Waals surface area contributed by atoms with Crippen molar-refractivity contribution in [1.82, 2.24) is 5.32 Å². The largest absolute Gasteiger partial charge is 0.348 e. The van der Waals surface area contributed by atoms with E-state index in [9.17, 15) is 9.18 Å². The predicted molar refractivity (Wildman–Crippen MR) is 76.4 cm³/mol. The average molecular weight is 333 g/mol. The molecule has 0 radical (unpaired) electrons. The van der Waals surface area contributed by atoms with Gasteiger partial charge in [-0.3, -0.25) is 4.79 Å². The van der Waals surface area contributed by atoms with Crippen LogP contribution in [0.2, 0.25) is 0 Å². The zero-order valence-corrected chi connectivity index (χ0v) is 11.9. The Labute approximate surface area is 124 Å². The van der Waals surface area contributed by atoms with Gasteiger partial charge in [-0.15, -0.1) is 0 Å². The standard InChI is InChI=1S/C15H10BrFN2O/c16-14-12(2-1-3-13(14)17)15(20)19-9-11-6-4-10(8-18)5-7-11/h1-7H,9H2,(H,19,20). The highest BCUT2D eigenvalue weighted by Crippen LogP contribution is 2.20. The smallest absolute Gasteiger partial charge is 0.252 e. The summed E-state index contributed by atoms with van der Waals surface area (Å²) in [6, 6.07) is 13.2. The third-order valence-electron chi connectivity index (χ3n) is 2.73. The molecular formula is C15H10BrFN2O. The fourth-order valence-electron chi connectivity index (χ4n) is 1.65. The molecule has 0 aliphatic heterocycles. The number of amides is 1. The van der Waals surface area contributed by atoms with E-state index in [4.69, 9.17) is 5.26 Å². The monoisotopic (exact) mass is 332 g/mol. The van der Waals surface area contributed by atoms with E-state index in [0.717, 1.165) is 5.56 Å². The van der Waals surface area contributed by atoms with Gasteiger partial charge in [0.05, 0.1) is 21.7 Å². The summed E-state index contributed by atoms with van der Waals surface area (Å²) in [4.78, 5) is 12.0. The summed E-state index contributed by atoms with van der Waals surface area (Å²) >= 11 is 3.05. The second-order valence-electron chi connectivity index (χ2n) is 4.09. The first-order valence-electron chi connectivity index (χ1n) is 5.83. The van der Waals surface area contributed by atoms with E-state index >= 15 is 0 Å². The van der Waals surface area contributed by atoms with Gasteiger partial charge in [-0.05, 0) is 45.8 Å². The zero-order valence-electron chi connectivity index (χ0n) is 10.4. The minimum absolute atomic E-state index is 0.150. The summed E-state index contributed by atoms with van der Waals surface area (Å²) in [5, 5.41) is 11.4. The van der Waals surface area contributed by atoms with Crippen molar-refractivity contribution in [1.29, 1.82) is 5.26 Å². The Morgan fingerprint density at radius 1 is 1.25 bits per heavy atom. The number of nitriles is 1. The maximum Gasteiger partial charge on any atom is 0.252 e. The first-order chi connectivity index (χ1) is 9.61. The molecule has 0 spiro atoms. The molecule has 2 aromatic rings. The third-order valence-corrected chi connectivity index (χ3v) is 3.54. The lowest BCUT2D eigenvalue weighted by molar-refractivity contribution is 0.0949. The molecule has 0 fully saturated rings. The summed E-state index contributed by atoms with van der Waals surface area (Å²) in [5.41, 5.74) is 1.68. The van der Waals surface area contributed by atoms with Gasteiger partial charge >= 0.3 is 0 Å². The van der Waals surface area contributed by atoms with E-state index in [-0.39, 0.29) is 15.9 Å². The molecule has 20 heavy (non-hydrogen) atoms. The second kappa shape index (κ2) is 6.31. The van der Waals surface area contributed by atoms with Gasteiger partial charge in [-0.1, -0.05) is 18.2 Å². The molecule has 0 aliphatic rings. The summed E-state index contributed by atoms with van der Waals surface area (Å²) < 4.78 is 13.5. The topological polar surface area (TPSA) is 52.9 Å². The first-order valence-corrected chi connectivity index (χ1v) is 6.62. The van der Waals surface area contributed by atoms with Crippen LogP contribution in [-0.4, -0.2) is 5.91 Å². The Morgan fingerprint density at radius 2 is 1.95 bits per heavy atom. The van der Waals surface area contributed by atoms with Crippen LogP contribution < -0.4 is 5.32 Å². The Hall–Kier alpha value is -2.19. The summed E-state index contributed by atoms with van der Waals surface area (Å²) in [5.74, 6) is -0.836. The van der Waals surface area contributed by atoms with Gasteiger partial charge in [0.25, 0.3) is 5.91 Å². The van der Waals surface area contributed by atoms with Crippen molar-refractivity contribution in [2.75, 3.05) is 0 Å². The highest BCUT2D eigenvalue weighted by Gasteiger charge is 2.12. The van der Waals surface area contributed by atoms with Gasteiger partial charge in [0.15, 0.2) is 0 Å². The van der Waals surface area contributed by atoms with Gasteiger partial charge < -0.3 is 5.32 Å². The van der Waals surface area contributed by atoms with Crippen molar-refractivity contribution < 1.29 is 9.18 Å². The molecule has 0 unspecified atom stereocenters. The lowest BCUT2D eigenvalue weighted by atomic mass is 10.1. The SMILES string of the molecule is N#Cc1ccc(CNC(=O)c2cccc(F)c2Br)cc1. The molecule has 2 rings (SSSR count).